The molecule has 0 bridgehead atoms. The van der Waals surface area contributed by atoms with Crippen molar-refractivity contribution in [2.75, 3.05) is 6.61 Å². The van der Waals surface area contributed by atoms with E-state index in [1.165, 1.54) is 16.7 Å². The van der Waals surface area contributed by atoms with E-state index in [4.69, 9.17) is 14.6 Å². The Kier molecular flexibility index (Phi) is 15.4. The minimum Gasteiger partial charge on any atom is -0.324 e. The van der Waals surface area contributed by atoms with Crippen LogP contribution in [0.4, 0.5) is 0 Å². The first-order valence-electron chi connectivity index (χ1n) is 11.0. The molecule has 0 rings (SSSR count). The summed E-state index contributed by atoms with van der Waals surface area (Å²) in [6.45, 7) is 12.3. The molecule has 0 aromatic carbocycles. The van der Waals surface area contributed by atoms with E-state index in [9.17, 15) is 9.36 Å². The molecule has 0 aliphatic carbocycles. The van der Waals surface area contributed by atoms with Gasteiger partial charge in [-0.1, -0.05) is 53.5 Å². The van der Waals surface area contributed by atoms with Crippen molar-refractivity contribution in [1.82, 2.24) is 5.48 Å². The van der Waals surface area contributed by atoms with Gasteiger partial charge in [-0.15, -0.1) is 0 Å². The van der Waals surface area contributed by atoms with Crippen molar-refractivity contribution < 1.29 is 24.0 Å². The average molecular weight is 456 g/mol. The van der Waals surface area contributed by atoms with E-state index in [0.717, 1.165) is 44.1 Å². The Hall–Kier alpha value is -1.46. The van der Waals surface area contributed by atoms with Crippen molar-refractivity contribution >= 4 is 13.5 Å². The molecular weight excluding hydrogens is 413 g/mol. The first-order chi connectivity index (χ1) is 14.5. The Morgan fingerprint density at radius 1 is 0.871 bits per heavy atom. The van der Waals surface area contributed by atoms with E-state index in [1.54, 1.807) is 6.92 Å². The molecule has 3 N–H and O–H groups in total. The second-order valence-electron chi connectivity index (χ2n) is 8.34. The Bertz CT molecular complexity index is 711. The fourth-order valence-electron chi connectivity index (χ4n) is 2.93. The molecule has 1 amide bonds. The van der Waals surface area contributed by atoms with Gasteiger partial charge >= 0.3 is 7.60 Å². The third kappa shape index (κ3) is 15.9. The second-order valence-corrected chi connectivity index (χ2v) is 10.1. The zero-order valence-electron chi connectivity index (χ0n) is 20.1. The van der Waals surface area contributed by atoms with Crippen LogP contribution < -0.4 is 5.48 Å². The molecule has 0 aromatic heterocycles. The van der Waals surface area contributed by atoms with Gasteiger partial charge in [0.05, 0.1) is 6.61 Å². The summed E-state index contributed by atoms with van der Waals surface area (Å²) in [6.07, 6.45) is 15.0. The molecule has 0 saturated heterocycles. The van der Waals surface area contributed by atoms with Crippen LogP contribution in [0.25, 0.3) is 0 Å². The number of carbonyl (C=O) groups excluding carboxylic acids is 1. The number of hydroxylamine groups is 1. The molecule has 0 heterocycles. The summed E-state index contributed by atoms with van der Waals surface area (Å²) in [7, 11) is -4.47. The summed E-state index contributed by atoms with van der Waals surface area (Å²) in [5, 5.41) is 0. The highest BCUT2D eigenvalue weighted by Gasteiger charge is 2.34. The van der Waals surface area contributed by atoms with E-state index in [0.29, 0.717) is 0 Å². The summed E-state index contributed by atoms with van der Waals surface area (Å²) in [4.78, 5) is 35.1. The van der Waals surface area contributed by atoms with Crippen LogP contribution in [0, 0.1) is 0 Å². The maximum atomic E-state index is 11.8. The van der Waals surface area contributed by atoms with Crippen LogP contribution in [0.2, 0.25) is 0 Å². The standard InChI is InChI=1S/C24H42NO5P/c1-7-23(31(27,28)29)24(26)25-30-18-17-22(6)16-10-15-21(5)14-9-13-20(4)12-8-11-19(2)3/h11,13,15,17,23H,7-10,12,14,16,18H2,1-6H3,(H,25,26)(H2,27,28,29). The van der Waals surface area contributed by atoms with Gasteiger partial charge in [-0.3, -0.25) is 14.2 Å². The van der Waals surface area contributed by atoms with Gasteiger partial charge in [0.1, 0.15) is 5.66 Å². The van der Waals surface area contributed by atoms with Crippen molar-refractivity contribution in [1.29, 1.82) is 0 Å². The Morgan fingerprint density at radius 2 is 1.32 bits per heavy atom. The van der Waals surface area contributed by atoms with Gasteiger partial charge < -0.3 is 9.79 Å². The number of nitrogens with one attached hydrogen (secondary N) is 1. The fraction of sp³-hybridized carbons (Fsp3) is 0.625. The number of hydrogen-bond acceptors (Lipinski definition) is 3. The van der Waals surface area contributed by atoms with Crippen molar-refractivity contribution in [3.63, 3.8) is 0 Å². The van der Waals surface area contributed by atoms with E-state index < -0.39 is 19.2 Å². The first-order valence-corrected chi connectivity index (χ1v) is 12.7. The highest BCUT2D eigenvalue weighted by atomic mass is 31.2. The minimum atomic E-state index is -4.47. The van der Waals surface area contributed by atoms with Crippen LogP contribution in [-0.2, 0) is 14.2 Å². The smallest absolute Gasteiger partial charge is 0.324 e. The van der Waals surface area contributed by atoms with Crippen molar-refractivity contribution in [2.45, 2.75) is 92.1 Å². The lowest BCUT2D eigenvalue weighted by Crippen LogP contribution is -2.34. The predicted molar refractivity (Wildman–Crippen MR) is 129 cm³/mol. The van der Waals surface area contributed by atoms with Crippen molar-refractivity contribution in [2.24, 2.45) is 0 Å². The Balaban J connectivity index is 4.17. The fourth-order valence-corrected chi connectivity index (χ4v) is 3.76. The number of hydrogen-bond donors (Lipinski definition) is 3. The van der Waals surface area contributed by atoms with Gasteiger partial charge in [-0.05, 0) is 79.6 Å². The number of amides is 1. The molecule has 7 heteroatoms. The van der Waals surface area contributed by atoms with Crippen LogP contribution in [0.15, 0.2) is 46.6 Å². The summed E-state index contributed by atoms with van der Waals surface area (Å²) < 4.78 is 11.2. The van der Waals surface area contributed by atoms with Crippen LogP contribution >= 0.6 is 7.60 Å². The lowest BCUT2D eigenvalue weighted by molar-refractivity contribution is -0.132. The average Bonchev–Trinajstić information content (AvgIpc) is 2.64. The van der Waals surface area contributed by atoms with E-state index in [1.807, 2.05) is 13.0 Å². The molecule has 0 aliphatic heterocycles. The zero-order valence-corrected chi connectivity index (χ0v) is 21.0. The summed E-state index contributed by atoms with van der Waals surface area (Å²) in [6, 6.07) is 0. The summed E-state index contributed by atoms with van der Waals surface area (Å²) in [5.41, 5.74) is 6.09. The van der Waals surface area contributed by atoms with E-state index in [2.05, 4.69) is 51.4 Å². The van der Waals surface area contributed by atoms with Gasteiger partial charge in [0.15, 0.2) is 0 Å². The lowest BCUT2D eigenvalue weighted by Gasteiger charge is -2.15. The third-order valence-corrected chi connectivity index (χ3v) is 6.35. The lowest BCUT2D eigenvalue weighted by atomic mass is 10.0. The highest BCUT2D eigenvalue weighted by Crippen LogP contribution is 2.42. The normalized spacial score (nSPS) is 14.4. The van der Waals surface area contributed by atoms with E-state index >= 15 is 0 Å². The quantitative estimate of drug-likeness (QED) is 0.119. The largest absolute Gasteiger partial charge is 0.338 e. The predicted octanol–water partition coefficient (Wildman–Crippen LogP) is 6.14. The van der Waals surface area contributed by atoms with Crippen LogP contribution in [0.3, 0.4) is 0 Å². The molecule has 6 nitrogen and oxygen atoms in total. The molecule has 1 atom stereocenters. The summed E-state index contributed by atoms with van der Waals surface area (Å²) >= 11 is 0. The number of rotatable bonds is 15. The Morgan fingerprint density at radius 3 is 1.74 bits per heavy atom. The molecular formula is C24H42NO5P. The molecule has 0 aromatic rings. The second kappa shape index (κ2) is 16.2. The van der Waals surface area contributed by atoms with Crippen LogP contribution in [0.1, 0.15) is 86.5 Å². The molecule has 178 valence electrons. The Labute approximate surface area is 188 Å². The van der Waals surface area contributed by atoms with Crippen molar-refractivity contribution in [3.05, 3.63) is 46.6 Å². The van der Waals surface area contributed by atoms with Crippen LogP contribution in [-0.4, -0.2) is 28.0 Å². The molecule has 0 aliphatic rings. The molecule has 0 spiro atoms. The maximum Gasteiger partial charge on any atom is 0.338 e. The number of allylic oxidation sites excluding steroid dienone is 7. The molecule has 31 heavy (non-hydrogen) atoms. The SMILES string of the molecule is CCC(C(=O)NOCC=C(C)CCC=C(C)CCC=C(C)CCC=C(C)C)P(=O)(O)O. The third-order valence-electron chi connectivity index (χ3n) is 4.94. The van der Waals surface area contributed by atoms with E-state index in [-0.39, 0.29) is 13.0 Å². The van der Waals surface area contributed by atoms with Gasteiger partial charge in [-0.25, -0.2) is 5.48 Å². The molecule has 0 fully saturated rings. The zero-order chi connectivity index (χ0) is 23.9. The van der Waals surface area contributed by atoms with Gasteiger partial charge in [0.2, 0.25) is 0 Å². The topological polar surface area (TPSA) is 95.9 Å². The molecule has 1 unspecified atom stereocenters. The van der Waals surface area contributed by atoms with Crippen molar-refractivity contribution in [3.8, 4) is 0 Å². The number of carbonyl (C=O) groups is 1. The minimum absolute atomic E-state index is 0.0469. The molecule has 0 saturated carbocycles. The van der Waals surface area contributed by atoms with Crippen LogP contribution in [0.5, 0.6) is 0 Å². The molecule has 0 radical (unpaired) electrons. The first kappa shape index (κ1) is 29.5. The highest BCUT2D eigenvalue weighted by molar-refractivity contribution is 7.53. The van der Waals surface area contributed by atoms with Gasteiger partial charge in [-0.2, -0.15) is 0 Å². The monoisotopic (exact) mass is 455 g/mol. The summed E-state index contributed by atoms with van der Waals surface area (Å²) in [5.74, 6) is -0.790. The van der Waals surface area contributed by atoms with Gasteiger partial charge in [0, 0.05) is 0 Å². The van der Waals surface area contributed by atoms with Gasteiger partial charge in [0.25, 0.3) is 5.91 Å². The maximum absolute atomic E-state index is 11.8.